The summed E-state index contributed by atoms with van der Waals surface area (Å²) in [5.74, 6) is 0.650. The van der Waals surface area contributed by atoms with Crippen LogP contribution in [0.15, 0.2) is 18.3 Å². The Balaban J connectivity index is 2.59. The first-order chi connectivity index (χ1) is 10.3. The summed E-state index contributed by atoms with van der Waals surface area (Å²) in [6, 6.07) is 3.65. The SMILES string of the molecule is CCOc1cc(C)c2c(ccn2C(=O)OC(C)(C)C)c1CO. The Hall–Kier alpha value is -2.01. The topological polar surface area (TPSA) is 60.7 Å². The molecule has 2 aromatic rings. The first-order valence-corrected chi connectivity index (χ1v) is 7.39. The number of aliphatic hydroxyl groups is 1. The average molecular weight is 305 g/mol. The van der Waals surface area contributed by atoms with Gasteiger partial charge in [-0.1, -0.05) is 0 Å². The summed E-state index contributed by atoms with van der Waals surface area (Å²) >= 11 is 0. The summed E-state index contributed by atoms with van der Waals surface area (Å²) < 4.78 is 12.5. The lowest BCUT2D eigenvalue weighted by molar-refractivity contribution is 0.0544. The summed E-state index contributed by atoms with van der Waals surface area (Å²) in [6.45, 7) is 9.66. The van der Waals surface area contributed by atoms with Crippen LogP contribution in [-0.4, -0.2) is 28.0 Å². The number of aliphatic hydroxyl groups excluding tert-OH is 1. The van der Waals surface area contributed by atoms with E-state index in [0.29, 0.717) is 17.9 Å². The molecular formula is C17H23NO4. The Morgan fingerprint density at radius 3 is 2.59 bits per heavy atom. The van der Waals surface area contributed by atoms with Crippen LogP contribution in [0.5, 0.6) is 5.75 Å². The largest absolute Gasteiger partial charge is 0.493 e. The van der Waals surface area contributed by atoms with E-state index in [1.165, 1.54) is 4.57 Å². The maximum Gasteiger partial charge on any atom is 0.419 e. The maximum absolute atomic E-state index is 12.3. The molecule has 0 radical (unpaired) electrons. The number of hydrogen-bond acceptors (Lipinski definition) is 4. The van der Waals surface area contributed by atoms with Gasteiger partial charge >= 0.3 is 6.09 Å². The monoisotopic (exact) mass is 305 g/mol. The number of nitrogens with zero attached hydrogens (tertiary/aromatic N) is 1. The van der Waals surface area contributed by atoms with Crippen molar-refractivity contribution in [3.8, 4) is 5.75 Å². The van der Waals surface area contributed by atoms with E-state index in [-0.39, 0.29) is 6.61 Å². The van der Waals surface area contributed by atoms with Crippen LogP contribution in [0.25, 0.3) is 10.9 Å². The van der Waals surface area contributed by atoms with Gasteiger partial charge in [0.05, 0.1) is 18.7 Å². The van der Waals surface area contributed by atoms with Crippen molar-refractivity contribution < 1.29 is 19.4 Å². The van der Waals surface area contributed by atoms with Gasteiger partial charge in [-0.3, -0.25) is 4.57 Å². The Morgan fingerprint density at radius 1 is 1.36 bits per heavy atom. The molecule has 0 aliphatic carbocycles. The summed E-state index contributed by atoms with van der Waals surface area (Å²) in [7, 11) is 0. The number of carbonyl (C=O) groups excluding carboxylic acids is 1. The summed E-state index contributed by atoms with van der Waals surface area (Å²) in [4.78, 5) is 12.3. The first-order valence-electron chi connectivity index (χ1n) is 7.39. The van der Waals surface area contributed by atoms with Crippen LogP contribution in [-0.2, 0) is 11.3 Å². The first kappa shape index (κ1) is 16.4. The van der Waals surface area contributed by atoms with Crippen molar-refractivity contribution >= 4 is 17.0 Å². The van der Waals surface area contributed by atoms with Gasteiger partial charge in [0.25, 0.3) is 0 Å². The summed E-state index contributed by atoms with van der Waals surface area (Å²) in [5, 5.41) is 10.5. The predicted molar refractivity (Wildman–Crippen MR) is 85.4 cm³/mol. The van der Waals surface area contributed by atoms with Crippen molar-refractivity contribution in [3.05, 3.63) is 29.5 Å². The molecule has 0 fully saturated rings. The fraction of sp³-hybridized carbons (Fsp3) is 0.471. The Morgan fingerprint density at radius 2 is 2.05 bits per heavy atom. The zero-order chi connectivity index (χ0) is 16.5. The lowest BCUT2D eigenvalue weighted by Gasteiger charge is -2.20. The van der Waals surface area contributed by atoms with E-state index < -0.39 is 11.7 Å². The molecule has 0 unspecified atom stereocenters. The standard InChI is InChI=1S/C17H23NO4/c1-6-21-14-9-11(2)15-12(13(14)10-19)7-8-18(15)16(20)22-17(3,4)5/h7-9,19H,6,10H2,1-5H3. The highest BCUT2D eigenvalue weighted by molar-refractivity contribution is 5.95. The molecule has 0 aliphatic rings. The molecule has 1 aromatic heterocycles. The van der Waals surface area contributed by atoms with Gasteiger partial charge in [0.2, 0.25) is 0 Å². The third-order valence-corrected chi connectivity index (χ3v) is 3.28. The molecule has 5 heteroatoms. The number of rotatable bonds is 3. The minimum Gasteiger partial charge on any atom is -0.493 e. The number of ether oxygens (including phenoxy) is 2. The van der Waals surface area contributed by atoms with Gasteiger partial charge in [-0.2, -0.15) is 0 Å². The molecule has 1 heterocycles. The van der Waals surface area contributed by atoms with E-state index in [4.69, 9.17) is 9.47 Å². The lowest BCUT2D eigenvalue weighted by Crippen LogP contribution is -2.26. The lowest BCUT2D eigenvalue weighted by atomic mass is 10.1. The van der Waals surface area contributed by atoms with Crippen molar-refractivity contribution in [1.82, 2.24) is 4.57 Å². The van der Waals surface area contributed by atoms with Crippen LogP contribution in [0.3, 0.4) is 0 Å². The fourth-order valence-electron chi connectivity index (χ4n) is 2.47. The minimum absolute atomic E-state index is 0.148. The van der Waals surface area contributed by atoms with E-state index in [1.54, 1.807) is 12.3 Å². The number of aryl methyl sites for hydroxylation is 1. The van der Waals surface area contributed by atoms with Crippen LogP contribution in [0.4, 0.5) is 4.79 Å². The third-order valence-electron chi connectivity index (χ3n) is 3.28. The highest BCUT2D eigenvalue weighted by Gasteiger charge is 2.21. The van der Waals surface area contributed by atoms with Crippen molar-refractivity contribution in [3.63, 3.8) is 0 Å². The van der Waals surface area contributed by atoms with Gasteiger partial charge < -0.3 is 14.6 Å². The Kier molecular flexibility index (Phi) is 4.47. The predicted octanol–water partition coefficient (Wildman–Crippen LogP) is 3.62. The molecule has 0 saturated heterocycles. The number of aromatic nitrogens is 1. The van der Waals surface area contributed by atoms with Crippen LogP contribution in [0.1, 0.15) is 38.8 Å². The smallest absolute Gasteiger partial charge is 0.419 e. The Labute approximate surface area is 130 Å². The van der Waals surface area contributed by atoms with Crippen LogP contribution < -0.4 is 4.74 Å². The molecule has 0 amide bonds. The van der Waals surface area contributed by atoms with Crippen LogP contribution >= 0.6 is 0 Å². The van der Waals surface area contributed by atoms with E-state index in [0.717, 1.165) is 16.5 Å². The summed E-state index contributed by atoms with van der Waals surface area (Å²) in [5.41, 5.74) is 1.75. The van der Waals surface area contributed by atoms with E-state index in [1.807, 2.05) is 40.7 Å². The molecule has 0 saturated carbocycles. The van der Waals surface area contributed by atoms with Crippen LogP contribution in [0.2, 0.25) is 0 Å². The van der Waals surface area contributed by atoms with Gasteiger partial charge in [-0.05, 0) is 52.3 Å². The number of fused-ring (bicyclic) bond motifs is 1. The number of hydrogen-bond donors (Lipinski definition) is 1. The van der Waals surface area contributed by atoms with Gasteiger partial charge in [0.15, 0.2) is 0 Å². The second-order valence-corrected chi connectivity index (χ2v) is 6.19. The highest BCUT2D eigenvalue weighted by atomic mass is 16.6. The van der Waals surface area contributed by atoms with E-state index >= 15 is 0 Å². The molecule has 1 N–H and O–H groups in total. The molecule has 5 nitrogen and oxygen atoms in total. The minimum atomic E-state index is -0.563. The molecule has 0 spiro atoms. The molecule has 1 aromatic carbocycles. The van der Waals surface area contributed by atoms with Crippen molar-refractivity contribution in [1.29, 1.82) is 0 Å². The van der Waals surface area contributed by atoms with Crippen molar-refractivity contribution in [2.45, 2.75) is 46.8 Å². The fourth-order valence-corrected chi connectivity index (χ4v) is 2.47. The van der Waals surface area contributed by atoms with Gasteiger partial charge in [0.1, 0.15) is 11.4 Å². The Bertz CT molecular complexity index is 695. The molecule has 2 rings (SSSR count). The van der Waals surface area contributed by atoms with Gasteiger partial charge in [0, 0.05) is 17.1 Å². The van der Waals surface area contributed by atoms with Gasteiger partial charge in [-0.25, -0.2) is 4.79 Å². The highest BCUT2D eigenvalue weighted by Crippen LogP contribution is 2.32. The molecule has 0 bridgehead atoms. The van der Waals surface area contributed by atoms with E-state index in [2.05, 4.69) is 0 Å². The molecule has 0 atom stereocenters. The van der Waals surface area contributed by atoms with E-state index in [9.17, 15) is 9.90 Å². The summed E-state index contributed by atoms with van der Waals surface area (Å²) in [6.07, 6.45) is 1.24. The van der Waals surface area contributed by atoms with Crippen molar-refractivity contribution in [2.24, 2.45) is 0 Å². The molecule has 120 valence electrons. The number of benzene rings is 1. The molecule has 22 heavy (non-hydrogen) atoms. The normalized spacial score (nSPS) is 11.7. The zero-order valence-corrected chi connectivity index (χ0v) is 13.8. The molecular weight excluding hydrogens is 282 g/mol. The van der Waals surface area contributed by atoms with Gasteiger partial charge in [-0.15, -0.1) is 0 Å². The zero-order valence-electron chi connectivity index (χ0n) is 13.8. The second kappa shape index (κ2) is 6.01. The number of carbonyl (C=O) groups is 1. The molecule has 0 aliphatic heterocycles. The maximum atomic E-state index is 12.3. The average Bonchev–Trinajstić information content (AvgIpc) is 2.83. The van der Waals surface area contributed by atoms with Crippen LogP contribution in [0, 0.1) is 6.92 Å². The van der Waals surface area contributed by atoms with Crippen molar-refractivity contribution in [2.75, 3.05) is 6.61 Å². The quantitative estimate of drug-likeness (QED) is 0.940. The third kappa shape index (κ3) is 3.09. The second-order valence-electron chi connectivity index (χ2n) is 6.19.